The van der Waals surface area contributed by atoms with Crippen molar-refractivity contribution in [2.75, 3.05) is 13.2 Å². The van der Waals surface area contributed by atoms with Crippen molar-refractivity contribution < 1.29 is 23.9 Å². The van der Waals surface area contributed by atoms with Crippen molar-refractivity contribution in [3.05, 3.63) is 69.8 Å². The van der Waals surface area contributed by atoms with Crippen molar-refractivity contribution in [3.63, 3.8) is 0 Å². The van der Waals surface area contributed by atoms with Crippen molar-refractivity contribution in [2.45, 2.75) is 27.7 Å². The molecule has 0 aliphatic carbocycles. The third-order valence-electron chi connectivity index (χ3n) is 4.38. The normalized spacial score (nSPS) is 10.3. The molecule has 0 aliphatic rings. The maximum atomic E-state index is 12.1. The van der Waals surface area contributed by atoms with Gasteiger partial charge in [-0.3, -0.25) is 4.79 Å². The molecular formula is C21H22O5. The van der Waals surface area contributed by atoms with E-state index in [9.17, 15) is 14.4 Å². The summed E-state index contributed by atoms with van der Waals surface area (Å²) in [6, 6.07) is 10.6. The minimum absolute atomic E-state index is 0.421. The van der Waals surface area contributed by atoms with Crippen LogP contribution in [0.25, 0.3) is 0 Å². The van der Waals surface area contributed by atoms with E-state index in [1.54, 1.807) is 24.3 Å². The van der Waals surface area contributed by atoms with Crippen LogP contribution in [-0.4, -0.2) is 30.9 Å². The van der Waals surface area contributed by atoms with E-state index in [0.717, 1.165) is 22.3 Å². The molecule has 0 heterocycles. The third-order valence-corrected chi connectivity index (χ3v) is 4.38. The van der Waals surface area contributed by atoms with E-state index in [1.807, 2.05) is 39.8 Å². The zero-order chi connectivity index (χ0) is 19.3. The van der Waals surface area contributed by atoms with Crippen LogP contribution in [0.1, 0.15) is 43.0 Å². The highest BCUT2D eigenvalue weighted by molar-refractivity contribution is 5.95. The quantitative estimate of drug-likeness (QED) is 0.743. The summed E-state index contributed by atoms with van der Waals surface area (Å²) in [5, 5.41) is 0. The molecule has 0 N–H and O–H groups in total. The van der Waals surface area contributed by atoms with E-state index < -0.39 is 30.9 Å². The molecule has 26 heavy (non-hydrogen) atoms. The van der Waals surface area contributed by atoms with Crippen LogP contribution >= 0.6 is 0 Å². The number of Topliss-reactive ketones (excluding diaryl/α,β-unsaturated/α-hetero) is 1. The highest BCUT2D eigenvalue weighted by Gasteiger charge is 2.16. The van der Waals surface area contributed by atoms with Crippen LogP contribution in [0.3, 0.4) is 0 Å². The van der Waals surface area contributed by atoms with E-state index in [2.05, 4.69) is 0 Å². The Morgan fingerprint density at radius 3 is 1.46 bits per heavy atom. The Balaban J connectivity index is 1.87. The fourth-order valence-corrected chi connectivity index (χ4v) is 2.43. The number of carbonyl (C=O) groups is 3. The van der Waals surface area contributed by atoms with Gasteiger partial charge in [0, 0.05) is 0 Å². The second-order valence-electron chi connectivity index (χ2n) is 6.19. The number of ketones is 1. The fourth-order valence-electron chi connectivity index (χ4n) is 2.43. The number of hydrogen-bond acceptors (Lipinski definition) is 5. The van der Waals surface area contributed by atoms with E-state index in [-0.39, 0.29) is 0 Å². The first-order chi connectivity index (χ1) is 12.3. The van der Waals surface area contributed by atoms with Crippen molar-refractivity contribution in [3.8, 4) is 0 Å². The number of benzene rings is 2. The number of carbonyl (C=O) groups excluding carboxylic acids is 3. The SMILES string of the molecule is Cc1cccc(C(=O)OCC(=O)COC(=O)c2cccc(C)c2C)c1C. The molecule has 0 spiro atoms. The first kappa shape index (κ1) is 19.4. The van der Waals surface area contributed by atoms with E-state index in [4.69, 9.17) is 9.47 Å². The smallest absolute Gasteiger partial charge is 0.338 e. The first-order valence-corrected chi connectivity index (χ1v) is 8.29. The number of esters is 2. The highest BCUT2D eigenvalue weighted by Crippen LogP contribution is 2.15. The molecule has 2 aromatic rings. The number of aryl methyl sites for hydroxylation is 2. The van der Waals surface area contributed by atoms with Crippen LogP contribution in [0.2, 0.25) is 0 Å². The lowest BCUT2D eigenvalue weighted by Crippen LogP contribution is -2.21. The minimum Gasteiger partial charge on any atom is -0.454 e. The molecule has 0 unspecified atom stereocenters. The average molecular weight is 354 g/mol. The lowest BCUT2D eigenvalue weighted by Gasteiger charge is -2.10. The lowest BCUT2D eigenvalue weighted by molar-refractivity contribution is -0.125. The summed E-state index contributed by atoms with van der Waals surface area (Å²) >= 11 is 0. The van der Waals surface area contributed by atoms with Crippen molar-refractivity contribution in [2.24, 2.45) is 0 Å². The Labute approximate surface area is 152 Å². The molecule has 0 saturated heterocycles. The summed E-state index contributed by atoms with van der Waals surface area (Å²) in [4.78, 5) is 36.0. The number of ether oxygens (including phenoxy) is 2. The standard InChI is InChI=1S/C21H22O5/c1-13-7-5-9-18(15(13)3)20(23)25-11-17(22)12-26-21(24)19-10-6-8-14(2)16(19)4/h5-10H,11-12H2,1-4H3. The van der Waals surface area contributed by atoms with Crippen LogP contribution in [-0.2, 0) is 14.3 Å². The van der Waals surface area contributed by atoms with Gasteiger partial charge in [0.2, 0.25) is 5.78 Å². The molecule has 0 atom stereocenters. The zero-order valence-electron chi connectivity index (χ0n) is 15.4. The molecule has 2 rings (SSSR count). The molecular weight excluding hydrogens is 332 g/mol. The number of hydrogen-bond donors (Lipinski definition) is 0. The van der Waals surface area contributed by atoms with E-state index >= 15 is 0 Å². The van der Waals surface area contributed by atoms with Gasteiger partial charge in [-0.05, 0) is 62.1 Å². The summed E-state index contributed by atoms with van der Waals surface area (Å²) in [5.74, 6) is -1.62. The Morgan fingerprint density at radius 1 is 0.692 bits per heavy atom. The fraction of sp³-hybridized carbons (Fsp3) is 0.286. The van der Waals surface area contributed by atoms with Gasteiger partial charge in [-0.25, -0.2) is 9.59 Å². The predicted molar refractivity (Wildman–Crippen MR) is 97.4 cm³/mol. The molecule has 0 aromatic heterocycles. The van der Waals surface area contributed by atoms with Crippen LogP contribution < -0.4 is 0 Å². The molecule has 0 aliphatic heterocycles. The van der Waals surface area contributed by atoms with E-state index in [0.29, 0.717) is 11.1 Å². The zero-order valence-corrected chi connectivity index (χ0v) is 15.4. The van der Waals surface area contributed by atoms with Crippen molar-refractivity contribution in [1.29, 1.82) is 0 Å². The second-order valence-corrected chi connectivity index (χ2v) is 6.19. The molecule has 0 amide bonds. The molecule has 5 nitrogen and oxygen atoms in total. The molecule has 0 bridgehead atoms. The van der Waals surface area contributed by atoms with Crippen LogP contribution in [0, 0.1) is 27.7 Å². The summed E-state index contributed by atoms with van der Waals surface area (Å²) < 4.78 is 10.1. The Morgan fingerprint density at radius 2 is 1.08 bits per heavy atom. The summed E-state index contributed by atoms with van der Waals surface area (Å²) in [7, 11) is 0. The minimum atomic E-state index is -0.569. The summed E-state index contributed by atoms with van der Waals surface area (Å²) in [6.07, 6.45) is 0. The summed E-state index contributed by atoms with van der Waals surface area (Å²) in [6.45, 7) is 6.55. The van der Waals surface area contributed by atoms with Crippen LogP contribution in [0.5, 0.6) is 0 Å². The van der Waals surface area contributed by atoms with Crippen molar-refractivity contribution in [1.82, 2.24) is 0 Å². The van der Waals surface area contributed by atoms with Gasteiger partial charge in [0.05, 0.1) is 11.1 Å². The van der Waals surface area contributed by atoms with Gasteiger partial charge >= 0.3 is 11.9 Å². The molecule has 0 radical (unpaired) electrons. The van der Waals surface area contributed by atoms with Crippen molar-refractivity contribution >= 4 is 17.7 Å². The molecule has 5 heteroatoms. The summed E-state index contributed by atoms with van der Waals surface area (Å²) in [5.41, 5.74) is 4.40. The van der Waals surface area contributed by atoms with Gasteiger partial charge < -0.3 is 9.47 Å². The number of rotatable bonds is 6. The predicted octanol–water partition coefficient (Wildman–Crippen LogP) is 3.50. The monoisotopic (exact) mass is 354 g/mol. The molecule has 0 fully saturated rings. The Hall–Kier alpha value is -2.95. The first-order valence-electron chi connectivity index (χ1n) is 8.29. The van der Waals surface area contributed by atoms with Crippen LogP contribution in [0.4, 0.5) is 0 Å². The van der Waals surface area contributed by atoms with Gasteiger partial charge in [-0.15, -0.1) is 0 Å². The van der Waals surface area contributed by atoms with Gasteiger partial charge in [-0.2, -0.15) is 0 Å². The largest absolute Gasteiger partial charge is 0.454 e. The maximum Gasteiger partial charge on any atom is 0.338 e. The van der Waals surface area contributed by atoms with E-state index in [1.165, 1.54) is 0 Å². The molecule has 0 saturated carbocycles. The topological polar surface area (TPSA) is 69.7 Å². The maximum absolute atomic E-state index is 12.1. The Kier molecular flexibility index (Phi) is 6.28. The average Bonchev–Trinajstić information content (AvgIpc) is 2.62. The van der Waals surface area contributed by atoms with Crippen LogP contribution in [0.15, 0.2) is 36.4 Å². The molecule has 2 aromatic carbocycles. The lowest BCUT2D eigenvalue weighted by atomic mass is 10.0. The third kappa shape index (κ3) is 4.57. The Bertz CT molecular complexity index is 782. The molecule has 136 valence electrons. The second kappa shape index (κ2) is 8.43. The van der Waals surface area contributed by atoms with Gasteiger partial charge in [-0.1, -0.05) is 24.3 Å². The highest BCUT2D eigenvalue weighted by atomic mass is 16.6. The van der Waals surface area contributed by atoms with Gasteiger partial charge in [0.15, 0.2) is 13.2 Å². The van der Waals surface area contributed by atoms with Gasteiger partial charge in [0.25, 0.3) is 0 Å². The van der Waals surface area contributed by atoms with Gasteiger partial charge in [0.1, 0.15) is 0 Å².